The molecular weight excluding hydrogens is 272 g/mol. The second kappa shape index (κ2) is 6.02. The van der Waals surface area contributed by atoms with Crippen molar-refractivity contribution in [3.05, 3.63) is 22.6 Å². The highest BCUT2D eigenvalue weighted by Gasteiger charge is 2.43. The normalized spacial score (nSPS) is 30.7. The van der Waals surface area contributed by atoms with Crippen molar-refractivity contribution in [3.8, 4) is 0 Å². The predicted octanol–water partition coefficient (Wildman–Crippen LogP) is -0.942. The van der Waals surface area contributed by atoms with Gasteiger partial charge in [0.05, 0.1) is 6.54 Å². The third kappa shape index (κ3) is 2.98. The molecule has 7 nitrogen and oxygen atoms in total. The Morgan fingerprint density at radius 1 is 1.53 bits per heavy atom. The molecule has 0 aromatic carbocycles. The number of rotatable bonds is 4. The number of methoxy groups -OCH3 is 1. The zero-order valence-corrected chi connectivity index (χ0v) is 11.4. The molecule has 0 radical (unpaired) electrons. The maximum atomic E-state index is 11.2. The molecule has 1 aromatic heterocycles. The summed E-state index contributed by atoms with van der Waals surface area (Å²) < 4.78 is 12.0. The molecule has 106 valence electrons. The summed E-state index contributed by atoms with van der Waals surface area (Å²) in [6, 6.07) is 1.34. The van der Waals surface area contributed by atoms with Crippen molar-refractivity contribution in [1.29, 1.82) is 0 Å². The lowest BCUT2D eigenvalue weighted by atomic mass is 10.1. The van der Waals surface area contributed by atoms with E-state index in [1.54, 1.807) is 17.0 Å². The van der Waals surface area contributed by atoms with E-state index in [1.807, 2.05) is 0 Å². The zero-order chi connectivity index (χ0) is 14.0. The zero-order valence-electron chi connectivity index (χ0n) is 10.6. The number of hydrogen-bond donors (Lipinski definition) is 2. The minimum Gasteiger partial charge on any atom is -0.387 e. The third-order valence-electron chi connectivity index (χ3n) is 2.96. The fourth-order valence-electron chi connectivity index (χ4n) is 1.97. The molecule has 4 atom stereocenters. The predicted molar refractivity (Wildman–Crippen MR) is 68.0 cm³/mol. The molecule has 0 amide bonds. The van der Waals surface area contributed by atoms with Gasteiger partial charge in [-0.2, -0.15) is 4.98 Å². The van der Waals surface area contributed by atoms with Crippen LogP contribution in [0.25, 0.3) is 0 Å². The second-order valence-corrected chi connectivity index (χ2v) is 4.94. The van der Waals surface area contributed by atoms with Gasteiger partial charge in [-0.25, -0.2) is 0 Å². The fourth-order valence-corrected chi connectivity index (χ4v) is 2.52. The van der Waals surface area contributed by atoms with Crippen LogP contribution in [0.15, 0.2) is 22.2 Å². The fraction of sp³-hybridized carbons (Fsp3) is 0.636. The van der Waals surface area contributed by atoms with Crippen LogP contribution in [0.3, 0.4) is 0 Å². The Kier molecular flexibility index (Phi) is 4.58. The first-order chi connectivity index (χ1) is 9.06. The minimum absolute atomic E-state index is 0.279. The second-order valence-electron chi connectivity index (χ2n) is 4.16. The molecule has 1 aromatic rings. The van der Waals surface area contributed by atoms with E-state index in [0.717, 1.165) is 0 Å². The van der Waals surface area contributed by atoms with Crippen molar-refractivity contribution in [2.24, 2.45) is 0 Å². The van der Waals surface area contributed by atoms with Gasteiger partial charge in [-0.1, -0.05) is 11.8 Å². The van der Waals surface area contributed by atoms with Gasteiger partial charge in [0.25, 0.3) is 5.56 Å². The summed E-state index contributed by atoms with van der Waals surface area (Å²) in [5, 5.41) is 20.1. The first-order valence-corrected chi connectivity index (χ1v) is 6.95. The molecule has 1 aliphatic heterocycles. The minimum atomic E-state index is -1.08. The van der Waals surface area contributed by atoms with Crippen LogP contribution in [0.4, 0.5) is 0 Å². The third-order valence-corrected chi connectivity index (χ3v) is 3.65. The van der Waals surface area contributed by atoms with Gasteiger partial charge in [0, 0.05) is 19.4 Å². The van der Waals surface area contributed by atoms with Crippen LogP contribution < -0.4 is 5.56 Å². The molecule has 0 saturated carbocycles. The molecule has 0 bridgehead atoms. The van der Waals surface area contributed by atoms with E-state index in [4.69, 9.17) is 9.47 Å². The average Bonchev–Trinajstić information content (AvgIpc) is 2.68. The largest absolute Gasteiger partial charge is 0.387 e. The number of aliphatic hydroxyl groups excluding tert-OH is 2. The first kappa shape index (κ1) is 14.5. The standard InChI is InChI=1S/C11H16N2O5S/c1-17-10-9(16)8(15)6(18-10)5-13-4-3-7(14)12-11(13)19-2/h3-4,6,8-10,15-16H,5H2,1-2H3/t6-,8-,9-,10-/m1/s1. The average molecular weight is 288 g/mol. The van der Waals surface area contributed by atoms with Crippen LogP contribution >= 0.6 is 11.8 Å². The maximum absolute atomic E-state index is 11.2. The molecule has 1 aliphatic rings. The number of aromatic nitrogens is 2. The van der Waals surface area contributed by atoms with Crippen LogP contribution in [-0.4, -0.2) is 57.7 Å². The Bertz CT molecular complexity index is 494. The smallest absolute Gasteiger partial charge is 0.273 e. The van der Waals surface area contributed by atoms with Crippen molar-refractivity contribution in [3.63, 3.8) is 0 Å². The lowest BCUT2D eigenvalue weighted by Gasteiger charge is -2.17. The molecule has 0 unspecified atom stereocenters. The number of thioether (sulfide) groups is 1. The number of ether oxygens (including phenoxy) is 2. The van der Waals surface area contributed by atoms with Gasteiger partial charge in [0.2, 0.25) is 0 Å². The Morgan fingerprint density at radius 3 is 2.84 bits per heavy atom. The quantitative estimate of drug-likeness (QED) is 0.545. The Morgan fingerprint density at radius 2 is 2.26 bits per heavy atom. The summed E-state index contributed by atoms with van der Waals surface area (Å²) in [5.41, 5.74) is -0.316. The Hall–Kier alpha value is -0.930. The number of hydrogen-bond acceptors (Lipinski definition) is 7. The van der Waals surface area contributed by atoms with E-state index in [9.17, 15) is 15.0 Å². The molecule has 2 heterocycles. The van der Waals surface area contributed by atoms with Gasteiger partial charge in [-0.05, 0) is 6.26 Å². The van der Waals surface area contributed by atoms with E-state index in [0.29, 0.717) is 5.16 Å². The van der Waals surface area contributed by atoms with E-state index in [-0.39, 0.29) is 12.1 Å². The van der Waals surface area contributed by atoms with Crippen LogP contribution in [0.1, 0.15) is 0 Å². The van der Waals surface area contributed by atoms with Crippen LogP contribution in [0, 0.1) is 0 Å². The van der Waals surface area contributed by atoms with Crippen LogP contribution in [-0.2, 0) is 16.0 Å². The topological polar surface area (TPSA) is 93.8 Å². The van der Waals surface area contributed by atoms with Gasteiger partial charge < -0.3 is 24.3 Å². The molecule has 2 N–H and O–H groups in total. The van der Waals surface area contributed by atoms with Crippen molar-refractivity contribution in [2.75, 3.05) is 13.4 Å². The number of nitrogens with zero attached hydrogens (tertiary/aromatic N) is 2. The van der Waals surface area contributed by atoms with Gasteiger partial charge >= 0.3 is 0 Å². The molecule has 0 spiro atoms. The molecular formula is C11H16N2O5S. The highest BCUT2D eigenvalue weighted by atomic mass is 32.2. The summed E-state index contributed by atoms with van der Waals surface area (Å²) in [6.07, 6.45) is -0.194. The lowest BCUT2D eigenvalue weighted by Crippen LogP contribution is -2.35. The highest BCUT2D eigenvalue weighted by Crippen LogP contribution is 2.24. The van der Waals surface area contributed by atoms with Crippen molar-refractivity contribution < 1.29 is 19.7 Å². The van der Waals surface area contributed by atoms with Crippen molar-refractivity contribution in [1.82, 2.24) is 9.55 Å². The lowest BCUT2D eigenvalue weighted by molar-refractivity contribution is -0.150. The maximum Gasteiger partial charge on any atom is 0.273 e. The molecule has 0 aliphatic carbocycles. The summed E-state index contributed by atoms with van der Waals surface area (Å²) in [7, 11) is 1.40. The SMILES string of the molecule is CO[C@@H]1O[C@H](Cn2ccc(=O)nc2SC)[C@@H](O)[C@H]1O. The van der Waals surface area contributed by atoms with Crippen LogP contribution in [0.5, 0.6) is 0 Å². The van der Waals surface area contributed by atoms with E-state index < -0.39 is 24.6 Å². The molecule has 19 heavy (non-hydrogen) atoms. The molecule has 2 rings (SSSR count). The van der Waals surface area contributed by atoms with Gasteiger partial charge in [-0.15, -0.1) is 0 Å². The summed E-state index contributed by atoms with van der Waals surface area (Å²) in [6.45, 7) is 0.279. The highest BCUT2D eigenvalue weighted by molar-refractivity contribution is 7.98. The summed E-state index contributed by atoms with van der Waals surface area (Å²) >= 11 is 1.32. The number of aliphatic hydroxyl groups is 2. The molecule has 8 heteroatoms. The van der Waals surface area contributed by atoms with Crippen molar-refractivity contribution >= 4 is 11.8 Å². The van der Waals surface area contributed by atoms with E-state index >= 15 is 0 Å². The Balaban J connectivity index is 2.16. The van der Waals surface area contributed by atoms with Crippen molar-refractivity contribution in [2.45, 2.75) is 36.3 Å². The molecule has 1 fully saturated rings. The van der Waals surface area contributed by atoms with E-state index in [1.165, 1.54) is 24.9 Å². The van der Waals surface area contributed by atoms with E-state index in [2.05, 4.69) is 4.98 Å². The Labute approximate surface area is 114 Å². The van der Waals surface area contributed by atoms with Crippen LogP contribution in [0.2, 0.25) is 0 Å². The van der Waals surface area contributed by atoms with Gasteiger partial charge in [0.15, 0.2) is 11.4 Å². The summed E-state index contributed by atoms with van der Waals surface area (Å²) in [4.78, 5) is 15.0. The summed E-state index contributed by atoms with van der Waals surface area (Å²) in [5.74, 6) is 0. The van der Waals surface area contributed by atoms with Gasteiger partial charge in [-0.3, -0.25) is 4.79 Å². The van der Waals surface area contributed by atoms with Gasteiger partial charge in [0.1, 0.15) is 18.3 Å². The first-order valence-electron chi connectivity index (χ1n) is 5.72. The molecule has 1 saturated heterocycles. The monoisotopic (exact) mass is 288 g/mol.